The largest absolute Gasteiger partial charge is 0.421 e. The highest BCUT2D eigenvalue weighted by atomic mass is 19.1. The van der Waals surface area contributed by atoms with Crippen LogP contribution in [0.25, 0.3) is 21.9 Å². The van der Waals surface area contributed by atoms with E-state index in [1.54, 1.807) is 14.0 Å². The van der Waals surface area contributed by atoms with Crippen LogP contribution >= 0.6 is 0 Å². The zero-order valence-electron chi connectivity index (χ0n) is 18.8. The fraction of sp³-hybridized carbons (Fsp3) is 0.391. The Bertz CT molecular complexity index is 1390. The molecule has 0 amide bonds. The molecule has 4 aromatic rings. The summed E-state index contributed by atoms with van der Waals surface area (Å²) in [6.07, 6.45) is 3.16. The van der Waals surface area contributed by atoms with Crippen LogP contribution in [-0.4, -0.2) is 56.2 Å². The van der Waals surface area contributed by atoms with Crippen molar-refractivity contribution in [1.29, 1.82) is 0 Å². The van der Waals surface area contributed by atoms with Crippen molar-refractivity contribution in [3.8, 4) is 11.8 Å². The number of aliphatic hydroxyl groups excluding tert-OH is 1. The number of benzene rings is 1. The van der Waals surface area contributed by atoms with Crippen LogP contribution in [0.15, 0.2) is 24.5 Å². The standard InChI is InChI=1S/C23H25FN8O2/c1-10(33)20-27-6-13(7-28-20)34-23-30-21-18(14-4-12(24)5-17(26-2)19(14)29-21)22(31-23)32-8-11-3-16(25)15(11)9-32/h4-7,10-11,15-16,26,33H,3,8-9,25H2,1-2H3,(H,29,30,31)/t10?,11-,15+,16-/m1/s1. The van der Waals surface area contributed by atoms with Crippen LogP contribution in [0, 0.1) is 17.7 Å². The number of nitrogens with one attached hydrogen (secondary N) is 2. The van der Waals surface area contributed by atoms with E-state index < -0.39 is 6.10 Å². The van der Waals surface area contributed by atoms with Gasteiger partial charge in [0, 0.05) is 31.6 Å². The van der Waals surface area contributed by atoms with Gasteiger partial charge in [0.1, 0.15) is 23.4 Å². The van der Waals surface area contributed by atoms with Crippen molar-refractivity contribution in [2.75, 3.05) is 30.4 Å². The molecule has 3 aromatic heterocycles. The summed E-state index contributed by atoms with van der Waals surface area (Å²) in [5.41, 5.74) is 8.15. The summed E-state index contributed by atoms with van der Waals surface area (Å²) in [4.78, 5) is 23.1. The Morgan fingerprint density at radius 2 is 2.06 bits per heavy atom. The average molecular weight is 465 g/mol. The number of hydrogen-bond acceptors (Lipinski definition) is 9. The number of halogens is 1. The molecule has 176 valence electrons. The van der Waals surface area contributed by atoms with E-state index in [1.807, 2.05) is 0 Å². The maximum absolute atomic E-state index is 14.5. The molecule has 1 saturated heterocycles. The summed E-state index contributed by atoms with van der Waals surface area (Å²) in [5, 5.41) is 14.1. The molecule has 5 N–H and O–H groups in total. The van der Waals surface area contributed by atoms with Crippen LogP contribution in [0.4, 0.5) is 15.9 Å². The highest BCUT2D eigenvalue weighted by Gasteiger charge is 2.46. The number of nitrogens with two attached hydrogens (primary N) is 1. The molecule has 1 aliphatic carbocycles. The maximum atomic E-state index is 14.5. The second-order valence-corrected chi connectivity index (χ2v) is 9.09. The van der Waals surface area contributed by atoms with Gasteiger partial charge in [0.15, 0.2) is 11.6 Å². The molecule has 34 heavy (non-hydrogen) atoms. The fourth-order valence-electron chi connectivity index (χ4n) is 5.13. The van der Waals surface area contributed by atoms with E-state index >= 15 is 0 Å². The number of hydrogen-bond donors (Lipinski definition) is 4. The van der Waals surface area contributed by atoms with Crippen LogP contribution in [0.3, 0.4) is 0 Å². The van der Waals surface area contributed by atoms with E-state index in [-0.39, 0.29) is 17.9 Å². The van der Waals surface area contributed by atoms with Gasteiger partial charge in [-0.3, -0.25) is 0 Å². The highest BCUT2D eigenvalue weighted by molar-refractivity contribution is 6.14. The summed E-state index contributed by atoms with van der Waals surface area (Å²) in [6.45, 7) is 3.20. The Balaban J connectivity index is 1.48. The zero-order valence-corrected chi connectivity index (χ0v) is 18.8. The number of nitrogens with zero attached hydrogens (tertiary/aromatic N) is 5. The number of aromatic nitrogens is 5. The van der Waals surface area contributed by atoms with Gasteiger partial charge in [-0.05, 0) is 37.3 Å². The third-order valence-electron chi connectivity index (χ3n) is 6.90. The van der Waals surface area contributed by atoms with Crippen molar-refractivity contribution < 1.29 is 14.2 Å². The first-order chi connectivity index (χ1) is 16.4. The summed E-state index contributed by atoms with van der Waals surface area (Å²) in [7, 11) is 1.75. The Labute approximate surface area is 194 Å². The molecule has 4 heterocycles. The Morgan fingerprint density at radius 3 is 2.74 bits per heavy atom. The minimum atomic E-state index is -0.779. The number of H-pyrrole nitrogens is 1. The van der Waals surface area contributed by atoms with Crippen molar-refractivity contribution in [2.45, 2.75) is 25.5 Å². The average Bonchev–Trinajstić information content (AvgIpc) is 3.36. The van der Waals surface area contributed by atoms with Gasteiger partial charge in [-0.25, -0.2) is 14.4 Å². The molecule has 1 unspecified atom stereocenters. The molecule has 1 aromatic carbocycles. The normalized spacial score (nSPS) is 22.6. The van der Waals surface area contributed by atoms with Crippen molar-refractivity contribution in [3.05, 3.63) is 36.2 Å². The van der Waals surface area contributed by atoms with E-state index in [1.165, 1.54) is 24.5 Å². The Kier molecular flexibility index (Phi) is 4.78. The van der Waals surface area contributed by atoms with Crippen LogP contribution < -0.4 is 20.7 Å². The number of ether oxygens (including phenoxy) is 1. The van der Waals surface area contributed by atoms with E-state index in [4.69, 9.17) is 15.5 Å². The summed E-state index contributed by atoms with van der Waals surface area (Å²) in [6, 6.07) is 3.27. The second kappa shape index (κ2) is 7.74. The van der Waals surface area contributed by atoms with E-state index in [2.05, 4.69) is 30.2 Å². The predicted octanol–water partition coefficient (Wildman–Crippen LogP) is 2.71. The highest BCUT2D eigenvalue weighted by Crippen LogP contribution is 2.44. The molecule has 6 rings (SSSR count). The molecule has 11 heteroatoms. The summed E-state index contributed by atoms with van der Waals surface area (Å²) >= 11 is 0. The predicted molar refractivity (Wildman–Crippen MR) is 125 cm³/mol. The smallest absolute Gasteiger partial charge is 0.326 e. The van der Waals surface area contributed by atoms with Gasteiger partial charge in [-0.1, -0.05) is 0 Å². The third-order valence-corrected chi connectivity index (χ3v) is 6.90. The number of fused-ring (bicyclic) bond motifs is 4. The van der Waals surface area contributed by atoms with Crippen molar-refractivity contribution >= 4 is 33.4 Å². The minimum Gasteiger partial charge on any atom is -0.421 e. The van der Waals surface area contributed by atoms with Crippen molar-refractivity contribution in [3.63, 3.8) is 0 Å². The van der Waals surface area contributed by atoms with E-state index in [0.29, 0.717) is 45.9 Å². The molecule has 0 radical (unpaired) electrons. The second-order valence-electron chi connectivity index (χ2n) is 9.09. The first-order valence-electron chi connectivity index (χ1n) is 11.3. The summed E-state index contributed by atoms with van der Waals surface area (Å²) in [5.74, 6) is 1.93. The lowest BCUT2D eigenvalue weighted by atomic mass is 9.72. The van der Waals surface area contributed by atoms with Crippen molar-refractivity contribution in [1.82, 2.24) is 24.9 Å². The zero-order chi connectivity index (χ0) is 23.6. The van der Waals surface area contributed by atoms with Crippen LogP contribution in [-0.2, 0) is 0 Å². The number of aliphatic hydroxyl groups is 1. The monoisotopic (exact) mass is 464 g/mol. The molecule has 2 fully saturated rings. The lowest BCUT2D eigenvalue weighted by Crippen LogP contribution is -2.46. The topological polar surface area (TPSA) is 138 Å². The van der Waals surface area contributed by atoms with Gasteiger partial charge in [0.25, 0.3) is 0 Å². The van der Waals surface area contributed by atoms with E-state index in [0.717, 1.165) is 30.4 Å². The molecule has 0 spiro atoms. The molecule has 2 aliphatic rings. The van der Waals surface area contributed by atoms with Gasteiger partial charge >= 0.3 is 6.01 Å². The van der Waals surface area contributed by atoms with Gasteiger partial charge in [-0.15, -0.1) is 0 Å². The molecular formula is C23H25FN8O2. The van der Waals surface area contributed by atoms with Crippen LogP contribution in [0.2, 0.25) is 0 Å². The van der Waals surface area contributed by atoms with E-state index in [9.17, 15) is 9.50 Å². The lowest BCUT2D eigenvalue weighted by molar-refractivity contribution is 0.188. The Morgan fingerprint density at radius 1 is 1.26 bits per heavy atom. The minimum absolute atomic E-state index is 0.123. The first kappa shape index (κ1) is 21.0. The number of anilines is 2. The molecule has 1 aliphatic heterocycles. The fourth-order valence-corrected chi connectivity index (χ4v) is 5.13. The molecular weight excluding hydrogens is 439 g/mol. The molecule has 4 atom stereocenters. The van der Waals surface area contributed by atoms with Crippen LogP contribution in [0.5, 0.6) is 11.8 Å². The quantitative estimate of drug-likeness (QED) is 0.351. The Hall–Kier alpha value is -3.57. The van der Waals surface area contributed by atoms with Crippen molar-refractivity contribution in [2.24, 2.45) is 17.6 Å². The molecule has 1 saturated carbocycles. The molecule has 10 nitrogen and oxygen atoms in total. The maximum Gasteiger partial charge on any atom is 0.326 e. The SMILES string of the molecule is CNc1cc(F)cc2c1[nH]c1nc(Oc3cnc(C(C)O)nc3)nc(N3C[C@H]4C[C@@H](N)[C@H]4C3)c12. The number of rotatable bonds is 5. The van der Waals surface area contributed by atoms with Crippen LogP contribution in [0.1, 0.15) is 25.3 Å². The van der Waals surface area contributed by atoms with Gasteiger partial charge in [0.05, 0.1) is 29.0 Å². The third kappa shape index (κ3) is 3.31. The number of aromatic amines is 1. The van der Waals surface area contributed by atoms with Gasteiger partial charge < -0.3 is 30.8 Å². The first-order valence-corrected chi connectivity index (χ1v) is 11.3. The van der Waals surface area contributed by atoms with Gasteiger partial charge in [0.2, 0.25) is 0 Å². The molecule has 0 bridgehead atoms. The van der Waals surface area contributed by atoms with Gasteiger partial charge in [-0.2, -0.15) is 9.97 Å². The summed E-state index contributed by atoms with van der Waals surface area (Å²) < 4.78 is 20.4. The lowest BCUT2D eigenvalue weighted by Gasteiger charge is -2.36.